The van der Waals surface area contributed by atoms with E-state index in [2.05, 4.69) is 10.3 Å². The molecule has 3 aromatic carbocycles. The molecule has 1 amide bonds. The third-order valence-electron chi connectivity index (χ3n) is 4.54. The number of anilines is 1. The molecule has 2 heterocycles. The number of fused-ring (bicyclic) bond motifs is 2. The Kier molecular flexibility index (Phi) is 3.73. The van der Waals surface area contributed by atoms with Crippen LogP contribution in [0.3, 0.4) is 0 Å². The molecule has 4 nitrogen and oxygen atoms in total. The number of imidazole rings is 1. The Morgan fingerprint density at radius 2 is 1.78 bits per heavy atom. The van der Waals surface area contributed by atoms with E-state index in [4.69, 9.17) is 0 Å². The van der Waals surface area contributed by atoms with E-state index < -0.39 is 0 Å². The molecule has 0 atom stereocenters. The van der Waals surface area contributed by atoms with Crippen molar-refractivity contribution >= 4 is 38.7 Å². The first-order chi connectivity index (χ1) is 13.3. The van der Waals surface area contributed by atoms with E-state index >= 15 is 0 Å². The van der Waals surface area contributed by atoms with Gasteiger partial charge in [0.25, 0.3) is 5.91 Å². The second kappa shape index (κ2) is 6.37. The molecule has 0 saturated carbocycles. The van der Waals surface area contributed by atoms with Crippen molar-refractivity contribution in [3.63, 3.8) is 0 Å². The molecule has 0 spiro atoms. The Balaban J connectivity index is 1.36. The largest absolute Gasteiger partial charge is 0.322 e. The molecule has 5 rings (SSSR count). The molecule has 0 aliphatic carbocycles. The molecule has 5 aromatic rings. The van der Waals surface area contributed by atoms with E-state index in [1.54, 1.807) is 11.3 Å². The summed E-state index contributed by atoms with van der Waals surface area (Å²) >= 11 is 1.61. The van der Waals surface area contributed by atoms with E-state index in [-0.39, 0.29) is 5.91 Å². The number of hydrogen-bond acceptors (Lipinski definition) is 3. The maximum atomic E-state index is 12.6. The van der Waals surface area contributed by atoms with Gasteiger partial charge in [-0.2, -0.15) is 0 Å². The SMILES string of the molecule is O=C(Nc1ccc(-c2cn3ccsc3n2)cc1)c1ccc2ccccc2c1. The summed E-state index contributed by atoms with van der Waals surface area (Å²) in [5, 5.41) is 7.15. The molecule has 0 fully saturated rings. The molecular weight excluding hydrogens is 354 g/mol. The molecule has 0 bridgehead atoms. The van der Waals surface area contributed by atoms with Crippen LogP contribution in [0.5, 0.6) is 0 Å². The van der Waals surface area contributed by atoms with E-state index in [9.17, 15) is 4.79 Å². The average Bonchev–Trinajstić information content (AvgIpc) is 3.30. The maximum Gasteiger partial charge on any atom is 0.255 e. The molecule has 0 aliphatic rings. The predicted molar refractivity (Wildman–Crippen MR) is 110 cm³/mol. The van der Waals surface area contributed by atoms with Gasteiger partial charge < -0.3 is 5.32 Å². The smallest absolute Gasteiger partial charge is 0.255 e. The lowest BCUT2D eigenvalue weighted by molar-refractivity contribution is 0.102. The fraction of sp³-hybridized carbons (Fsp3) is 0. The fourth-order valence-corrected chi connectivity index (χ4v) is 3.82. The van der Waals surface area contributed by atoms with Crippen molar-refractivity contribution in [2.24, 2.45) is 0 Å². The summed E-state index contributed by atoms with van der Waals surface area (Å²) in [5.74, 6) is -0.115. The van der Waals surface area contributed by atoms with Gasteiger partial charge in [-0.3, -0.25) is 9.20 Å². The van der Waals surface area contributed by atoms with Gasteiger partial charge >= 0.3 is 0 Å². The lowest BCUT2D eigenvalue weighted by Crippen LogP contribution is -2.11. The minimum Gasteiger partial charge on any atom is -0.322 e. The highest BCUT2D eigenvalue weighted by atomic mass is 32.1. The second-order valence-electron chi connectivity index (χ2n) is 6.31. The molecule has 130 valence electrons. The van der Waals surface area contributed by atoms with Crippen LogP contribution in [-0.2, 0) is 0 Å². The number of thiazole rings is 1. The van der Waals surface area contributed by atoms with Gasteiger partial charge in [0.1, 0.15) is 0 Å². The van der Waals surface area contributed by atoms with Gasteiger partial charge in [-0.05, 0) is 35.0 Å². The minimum absolute atomic E-state index is 0.115. The number of aromatic nitrogens is 2. The number of carbonyl (C=O) groups is 1. The van der Waals surface area contributed by atoms with Crippen LogP contribution in [0.4, 0.5) is 5.69 Å². The lowest BCUT2D eigenvalue weighted by atomic mass is 10.1. The number of benzene rings is 3. The maximum absolute atomic E-state index is 12.6. The van der Waals surface area contributed by atoms with Gasteiger partial charge in [0.15, 0.2) is 4.96 Å². The van der Waals surface area contributed by atoms with Crippen LogP contribution in [0.15, 0.2) is 84.5 Å². The van der Waals surface area contributed by atoms with Crippen LogP contribution in [0.1, 0.15) is 10.4 Å². The Bertz CT molecular complexity index is 1240. The van der Waals surface area contributed by atoms with Gasteiger partial charge in [0, 0.05) is 34.6 Å². The third kappa shape index (κ3) is 2.98. The Hall–Kier alpha value is -3.44. The van der Waals surface area contributed by atoms with Gasteiger partial charge in [0.2, 0.25) is 0 Å². The number of nitrogens with zero attached hydrogens (tertiary/aromatic N) is 2. The summed E-state index contributed by atoms with van der Waals surface area (Å²) in [7, 11) is 0. The Morgan fingerprint density at radius 3 is 2.59 bits per heavy atom. The van der Waals surface area contributed by atoms with Crippen molar-refractivity contribution in [3.8, 4) is 11.3 Å². The van der Waals surface area contributed by atoms with Crippen LogP contribution >= 0.6 is 11.3 Å². The molecule has 1 N–H and O–H groups in total. The lowest BCUT2D eigenvalue weighted by Gasteiger charge is -2.07. The molecule has 0 aliphatic heterocycles. The van der Waals surface area contributed by atoms with Crippen molar-refractivity contribution in [2.45, 2.75) is 0 Å². The first-order valence-corrected chi connectivity index (χ1v) is 9.47. The molecule has 0 unspecified atom stereocenters. The molecule has 0 radical (unpaired) electrons. The van der Waals surface area contributed by atoms with Crippen molar-refractivity contribution in [3.05, 3.63) is 90.1 Å². The van der Waals surface area contributed by atoms with Gasteiger partial charge in [-0.1, -0.05) is 42.5 Å². The zero-order chi connectivity index (χ0) is 18.2. The van der Waals surface area contributed by atoms with Crippen molar-refractivity contribution in [1.82, 2.24) is 9.38 Å². The van der Waals surface area contributed by atoms with Crippen LogP contribution in [-0.4, -0.2) is 15.3 Å². The average molecular weight is 369 g/mol. The number of amides is 1. The number of rotatable bonds is 3. The van der Waals surface area contributed by atoms with Crippen LogP contribution in [0.2, 0.25) is 0 Å². The van der Waals surface area contributed by atoms with Gasteiger partial charge in [0.05, 0.1) is 5.69 Å². The van der Waals surface area contributed by atoms with E-state index in [0.717, 1.165) is 32.7 Å². The predicted octanol–water partition coefficient (Wildman–Crippen LogP) is 5.47. The standard InChI is InChI=1S/C22H15N3OS/c26-21(18-6-5-15-3-1-2-4-17(15)13-18)23-19-9-7-16(8-10-19)20-14-25-11-12-27-22(25)24-20/h1-14H,(H,23,26). The van der Waals surface area contributed by atoms with E-state index in [1.165, 1.54) is 0 Å². The molecule has 27 heavy (non-hydrogen) atoms. The monoisotopic (exact) mass is 369 g/mol. The zero-order valence-electron chi connectivity index (χ0n) is 14.3. The number of carbonyl (C=O) groups excluding carboxylic acids is 1. The van der Waals surface area contributed by atoms with Crippen LogP contribution in [0, 0.1) is 0 Å². The minimum atomic E-state index is -0.115. The molecule has 5 heteroatoms. The highest BCUT2D eigenvalue weighted by Gasteiger charge is 2.09. The quantitative estimate of drug-likeness (QED) is 0.458. The molecular formula is C22H15N3OS. The topological polar surface area (TPSA) is 46.4 Å². The van der Waals surface area contributed by atoms with Crippen LogP contribution in [0.25, 0.3) is 27.0 Å². The summed E-state index contributed by atoms with van der Waals surface area (Å²) in [4.78, 5) is 18.1. The summed E-state index contributed by atoms with van der Waals surface area (Å²) in [6.45, 7) is 0. The number of nitrogens with one attached hydrogen (secondary N) is 1. The second-order valence-corrected chi connectivity index (χ2v) is 7.19. The van der Waals surface area contributed by atoms with E-state index in [1.807, 2.05) is 88.9 Å². The first-order valence-electron chi connectivity index (χ1n) is 8.59. The number of hydrogen-bond donors (Lipinski definition) is 1. The summed E-state index contributed by atoms with van der Waals surface area (Å²) in [6, 6.07) is 21.5. The highest BCUT2D eigenvalue weighted by Crippen LogP contribution is 2.23. The van der Waals surface area contributed by atoms with Crippen molar-refractivity contribution < 1.29 is 4.79 Å². The summed E-state index contributed by atoms with van der Waals surface area (Å²) in [6.07, 6.45) is 4.00. The van der Waals surface area contributed by atoms with Crippen LogP contribution < -0.4 is 5.32 Å². The first kappa shape index (κ1) is 15.8. The van der Waals surface area contributed by atoms with Crippen molar-refractivity contribution in [2.75, 3.05) is 5.32 Å². The van der Waals surface area contributed by atoms with Crippen molar-refractivity contribution in [1.29, 1.82) is 0 Å². The Morgan fingerprint density at radius 1 is 0.963 bits per heavy atom. The normalized spacial score (nSPS) is 11.1. The van der Waals surface area contributed by atoms with E-state index in [0.29, 0.717) is 5.56 Å². The zero-order valence-corrected chi connectivity index (χ0v) is 15.1. The molecule has 0 saturated heterocycles. The van der Waals surface area contributed by atoms with Gasteiger partial charge in [-0.25, -0.2) is 4.98 Å². The Labute approximate surface area is 159 Å². The molecule has 2 aromatic heterocycles. The summed E-state index contributed by atoms with van der Waals surface area (Å²) in [5.41, 5.74) is 3.36. The summed E-state index contributed by atoms with van der Waals surface area (Å²) < 4.78 is 2.01. The van der Waals surface area contributed by atoms with Gasteiger partial charge in [-0.15, -0.1) is 11.3 Å². The highest BCUT2D eigenvalue weighted by molar-refractivity contribution is 7.15. The third-order valence-corrected chi connectivity index (χ3v) is 5.31. The fourth-order valence-electron chi connectivity index (χ4n) is 3.12.